The van der Waals surface area contributed by atoms with Crippen molar-refractivity contribution in [3.8, 4) is 0 Å². The summed E-state index contributed by atoms with van der Waals surface area (Å²) in [6, 6.07) is 15.2. The van der Waals surface area contributed by atoms with Gasteiger partial charge in [0.05, 0.1) is 0 Å². The SMILES string of the molecule is Cc1ccc(Nc2nc(N)c(C(=O)c3ccccc3)s2)c(C)c1. The second-order valence-corrected chi connectivity index (χ2v) is 6.37. The molecule has 0 aliphatic heterocycles. The topological polar surface area (TPSA) is 68.0 Å². The van der Waals surface area contributed by atoms with Crippen molar-refractivity contribution in [1.82, 2.24) is 4.98 Å². The Kier molecular flexibility index (Phi) is 4.12. The summed E-state index contributed by atoms with van der Waals surface area (Å²) in [5, 5.41) is 3.86. The molecule has 4 nitrogen and oxygen atoms in total. The smallest absolute Gasteiger partial charge is 0.206 e. The van der Waals surface area contributed by atoms with Crippen LogP contribution in [0.3, 0.4) is 0 Å². The van der Waals surface area contributed by atoms with Crippen LogP contribution in [0.15, 0.2) is 48.5 Å². The van der Waals surface area contributed by atoms with Crippen LogP contribution >= 0.6 is 11.3 Å². The van der Waals surface area contributed by atoms with Gasteiger partial charge in [-0.05, 0) is 25.5 Å². The van der Waals surface area contributed by atoms with Crippen molar-refractivity contribution in [2.75, 3.05) is 11.1 Å². The summed E-state index contributed by atoms with van der Waals surface area (Å²) in [6.07, 6.45) is 0. The lowest BCUT2D eigenvalue weighted by Gasteiger charge is -2.07. The lowest BCUT2D eigenvalue weighted by Crippen LogP contribution is -2.02. The fourth-order valence-electron chi connectivity index (χ4n) is 2.34. The Balaban J connectivity index is 1.88. The summed E-state index contributed by atoms with van der Waals surface area (Å²) in [5.41, 5.74) is 9.83. The maximum absolute atomic E-state index is 12.5. The third-order valence-corrected chi connectivity index (χ3v) is 4.50. The molecule has 0 unspecified atom stereocenters. The highest BCUT2D eigenvalue weighted by Gasteiger charge is 2.18. The molecule has 0 saturated heterocycles. The number of aromatic nitrogens is 1. The van der Waals surface area contributed by atoms with Crippen LogP contribution in [0.2, 0.25) is 0 Å². The predicted octanol–water partition coefficient (Wildman–Crippen LogP) is 4.32. The third kappa shape index (κ3) is 3.24. The number of hydrogen-bond donors (Lipinski definition) is 2. The van der Waals surface area contributed by atoms with Gasteiger partial charge in [0.2, 0.25) is 5.78 Å². The maximum atomic E-state index is 12.5. The zero-order chi connectivity index (χ0) is 16.4. The summed E-state index contributed by atoms with van der Waals surface area (Å²) >= 11 is 1.27. The van der Waals surface area contributed by atoms with Gasteiger partial charge in [0.1, 0.15) is 10.7 Å². The first-order valence-electron chi connectivity index (χ1n) is 7.25. The molecule has 23 heavy (non-hydrogen) atoms. The van der Waals surface area contributed by atoms with E-state index in [4.69, 9.17) is 5.73 Å². The minimum atomic E-state index is -0.103. The Morgan fingerprint density at radius 2 is 1.87 bits per heavy atom. The van der Waals surface area contributed by atoms with E-state index in [1.54, 1.807) is 12.1 Å². The first-order chi connectivity index (χ1) is 11.0. The van der Waals surface area contributed by atoms with Crippen LogP contribution in [0.25, 0.3) is 0 Å². The van der Waals surface area contributed by atoms with Gasteiger partial charge in [-0.25, -0.2) is 4.98 Å². The van der Waals surface area contributed by atoms with Gasteiger partial charge in [-0.1, -0.05) is 59.4 Å². The number of carbonyl (C=O) groups is 1. The highest BCUT2D eigenvalue weighted by atomic mass is 32.1. The minimum absolute atomic E-state index is 0.103. The molecule has 3 N–H and O–H groups in total. The van der Waals surface area contributed by atoms with Crippen LogP contribution in [0.4, 0.5) is 16.6 Å². The molecule has 3 aromatic rings. The van der Waals surface area contributed by atoms with Crippen LogP contribution in [0.1, 0.15) is 26.4 Å². The van der Waals surface area contributed by atoms with Crippen LogP contribution in [-0.4, -0.2) is 10.8 Å². The van der Waals surface area contributed by atoms with E-state index < -0.39 is 0 Å². The number of hydrogen-bond acceptors (Lipinski definition) is 5. The van der Waals surface area contributed by atoms with Gasteiger partial charge in [0.25, 0.3) is 0 Å². The summed E-state index contributed by atoms with van der Waals surface area (Å²) in [6.45, 7) is 4.08. The van der Waals surface area contributed by atoms with Gasteiger partial charge in [-0.3, -0.25) is 4.79 Å². The van der Waals surface area contributed by atoms with E-state index in [-0.39, 0.29) is 11.6 Å². The standard InChI is InChI=1S/C18H17N3OS/c1-11-8-9-14(12(2)10-11)20-18-21-17(19)16(23-18)15(22)13-6-4-3-5-7-13/h3-10H,19H2,1-2H3,(H,20,21). The molecule has 3 rings (SSSR count). The van der Waals surface area contributed by atoms with E-state index in [1.165, 1.54) is 16.9 Å². The Labute approximate surface area is 139 Å². The van der Waals surface area contributed by atoms with Gasteiger partial charge < -0.3 is 11.1 Å². The quantitative estimate of drug-likeness (QED) is 0.702. The summed E-state index contributed by atoms with van der Waals surface area (Å²) in [7, 11) is 0. The van der Waals surface area contributed by atoms with Gasteiger partial charge in [-0.15, -0.1) is 0 Å². The molecule has 0 atom stereocenters. The fourth-order valence-corrected chi connectivity index (χ4v) is 3.20. The highest BCUT2D eigenvalue weighted by molar-refractivity contribution is 7.18. The number of nitrogens with two attached hydrogens (primary N) is 1. The number of aryl methyl sites for hydroxylation is 2. The first-order valence-corrected chi connectivity index (χ1v) is 8.06. The largest absolute Gasteiger partial charge is 0.382 e. The number of thiazole rings is 1. The third-order valence-electron chi connectivity index (χ3n) is 3.52. The molecule has 0 fully saturated rings. The molecular formula is C18H17N3OS. The summed E-state index contributed by atoms with van der Waals surface area (Å²) in [5.74, 6) is 0.158. The second-order valence-electron chi connectivity index (χ2n) is 5.37. The van der Waals surface area contributed by atoms with E-state index >= 15 is 0 Å². The Morgan fingerprint density at radius 1 is 1.13 bits per heavy atom. The molecular weight excluding hydrogens is 306 g/mol. The number of nitrogens with zero attached hydrogens (tertiary/aromatic N) is 1. The molecule has 0 amide bonds. The minimum Gasteiger partial charge on any atom is -0.382 e. The molecule has 116 valence electrons. The Morgan fingerprint density at radius 3 is 2.57 bits per heavy atom. The van der Waals surface area contributed by atoms with Gasteiger partial charge in [-0.2, -0.15) is 0 Å². The summed E-state index contributed by atoms with van der Waals surface area (Å²) in [4.78, 5) is 17.2. The van der Waals surface area contributed by atoms with E-state index in [0.717, 1.165) is 11.3 Å². The molecule has 5 heteroatoms. The van der Waals surface area contributed by atoms with E-state index in [0.29, 0.717) is 15.6 Å². The number of anilines is 3. The zero-order valence-electron chi connectivity index (χ0n) is 13.0. The van der Waals surface area contributed by atoms with Gasteiger partial charge in [0.15, 0.2) is 5.13 Å². The Bertz CT molecular complexity index is 856. The van der Waals surface area contributed by atoms with Crippen LogP contribution in [0.5, 0.6) is 0 Å². The zero-order valence-corrected chi connectivity index (χ0v) is 13.8. The molecule has 0 radical (unpaired) electrons. The highest BCUT2D eigenvalue weighted by Crippen LogP contribution is 2.30. The summed E-state index contributed by atoms with van der Waals surface area (Å²) < 4.78 is 0. The molecule has 0 bridgehead atoms. The molecule has 0 aliphatic rings. The average Bonchev–Trinajstić information content (AvgIpc) is 2.91. The molecule has 0 saturated carbocycles. The number of carbonyl (C=O) groups excluding carboxylic acids is 1. The van der Waals surface area contributed by atoms with Crippen LogP contribution < -0.4 is 11.1 Å². The van der Waals surface area contributed by atoms with Crippen molar-refractivity contribution in [3.05, 3.63) is 70.1 Å². The van der Waals surface area contributed by atoms with Crippen molar-refractivity contribution in [2.45, 2.75) is 13.8 Å². The maximum Gasteiger partial charge on any atom is 0.206 e. The van der Waals surface area contributed by atoms with Crippen molar-refractivity contribution >= 4 is 33.8 Å². The lowest BCUT2D eigenvalue weighted by molar-refractivity contribution is 0.104. The van der Waals surface area contributed by atoms with E-state index in [1.807, 2.05) is 37.3 Å². The van der Waals surface area contributed by atoms with E-state index in [9.17, 15) is 4.79 Å². The van der Waals surface area contributed by atoms with Crippen LogP contribution in [0, 0.1) is 13.8 Å². The fraction of sp³-hybridized carbons (Fsp3) is 0.111. The number of nitrogens with one attached hydrogen (secondary N) is 1. The second kappa shape index (κ2) is 6.22. The Hall–Kier alpha value is -2.66. The van der Waals surface area contributed by atoms with Crippen molar-refractivity contribution < 1.29 is 4.79 Å². The van der Waals surface area contributed by atoms with Gasteiger partial charge >= 0.3 is 0 Å². The lowest BCUT2D eigenvalue weighted by atomic mass is 10.1. The van der Waals surface area contributed by atoms with E-state index in [2.05, 4.69) is 23.3 Å². The number of ketones is 1. The average molecular weight is 323 g/mol. The molecule has 0 aliphatic carbocycles. The first kappa shape index (κ1) is 15.2. The van der Waals surface area contributed by atoms with Crippen molar-refractivity contribution in [1.29, 1.82) is 0 Å². The van der Waals surface area contributed by atoms with Gasteiger partial charge in [0, 0.05) is 11.3 Å². The van der Waals surface area contributed by atoms with Crippen molar-refractivity contribution in [2.24, 2.45) is 0 Å². The monoisotopic (exact) mass is 323 g/mol. The normalized spacial score (nSPS) is 10.5. The molecule has 2 aromatic carbocycles. The van der Waals surface area contributed by atoms with Crippen LogP contribution in [-0.2, 0) is 0 Å². The number of benzene rings is 2. The molecule has 0 spiro atoms. The predicted molar refractivity (Wildman–Crippen MR) is 95.6 cm³/mol. The van der Waals surface area contributed by atoms with Crippen molar-refractivity contribution in [3.63, 3.8) is 0 Å². The molecule has 1 aromatic heterocycles. The number of rotatable bonds is 4. The number of nitrogen functional groups attached to an aromatic ring is 1. The molecule has 1 heterocycles.